The standard InChI is InChI=1S/C4H10NO3PS/c1-3(2)4(6)5-9(7,8)10/h3H,1-2H3,(H3,5,6,7,8,10). The highest BCUT2D eigenvalue weighted by Crippen LogP contribution is 2.40. The Morgan fingerprint density at radius 1 is 1.70 bits per heavy atom. The van der Waals surface area contributed by atoms with E-state index in [4.69, 9.17) is 4.89 Å². The summed E-state index contributed by atoms with van der Waals surface area (Å²) in [4.78, 5) is 19.2. The number of rotatable bonds is 2. The first kappa shape index (κ1) is 10.0. The van der Waals surface area contributed by atoms with Gasteiger partial charge in [0.1, 0.15) is 0 Å². The molecule has 2 N–H and O–H groups in total. The van der Waals surface area contributed by atoms with E-state index in [1.54, 1.807) is 13.8 Å². The molecule has 60 valence electrons. The molecule has 0 saturated heterocycles. The Morgan fingerprint density at radius 2 is 2.10 bits per heavy atom. The molecule has 0 bridgehead atoms. The summed E-state index contributed by atoms with van der Waals surface area (Å²) in [5.41, 5.74) is 0. The van der Waals surface area contributed by atoms with Crippen LogP contribution in [-0.2, 0) is 9.36 Å². The lowest BCUT2D eigenvalue weighted by Gasteiger charge is -2.08. The van der Waals surface area contributed by atoms with Crippen LogP contribution in [0.15, 0.2) is 0 Å². The van der Waals surface area contributed by atoms with E-state index in [0.717, 1.165) is 0 Å². The average Bonchev–Trinajstić information content (AvgIpc) is 1.60. The molecule has 0 aliphatic carbocycles. The van der Waals surface area contributed by atoms with Gasteiger partial charge in [-0.3, -0.25) is 14.4 Å². The molecule has 0 rings (SSSR count). The Kier molecular flexibility index (Phi) is 3.42. The average molecular weight is 183 g/mol. The zero-order valence-corrected chi connectivity index (χ0v) is 7.52. The molecular formula is C4H10NO3PS. The minimum Gasteiger partial charge on any atom is -0.322 e. The van der Waals surface area contributed by atoms with Crippen LogP contribution < -0.4 is 5.09 Å². The van der Waals surface area contributed by atoms with Crippen LogP contribution in [0, 0.1) is 5.92 Å². The minimum absolute atomic E-state index is 0.298. The van der Waals surface area contributed by atoms with Crippen molar-refractivity contribution >= 4 is 24.9 Å². The topological polar surface area (TPSA) is 66.4 Å². The molecule has 1 amide bonds. The Bertz CT molecular complexity index is 175. The van der Waals surface area contributed by atoms with E-state index in [0.29, 0.717) is 0 Å². The van der Waals surface area contributed by atoms with Crippen molar-refractivity contribution < 1.29 is 14.3 Å². The first-order valence-corrected chi connectivity index (χ1v) is 5.52. The summed E-state index contributed by atoms with van der Waals surface area (Å²) in [6.07, 6.45) is 0. The summed E-state index contributed by atoms with van der Waals surface area (Å²) in [5, 5.41) is 1.85. The summed E-state index contributed by atoms with van der Waals surface area (Å²) < 4.78 is 10.4. The smallest absolute Gasteiger partial charge is 0.322 e. The highest BCUT2D eigenvalue weighted by molar-refractivity contribution is 8.45. The molecule has 0 aromatic carbocycles. The molecule has 0 fully saturated rings. The van der Waals surface area contributed by atoms with Gasteiger partial charge in [0.05, 0.1) is 0 Å². The van der Waals surface area contributed by atoms with E-state index in [-0.39, 0.29) is 5.92 Å². The van der Waals surface area contributed by atoms with Gasteiger partial charge in [-0.1, -0.05) is 26.1 Å². The monoisotopic (exact) mass is 183 g/mol. The van der Waals surface area contributed by atoms with Crippen molar-refractivity contribution in [3.05, 3.63) is 0 Å². The van der Waals surface area contributed by atoms with Crippen molar-refractivity contribution in [3.8, 4) is 0 Å². The lowest BCUT2D eigenvalue weighted by molar-refractivity contribution is -0.122. The zero-order valence-electron chi connectivity index (χ0n) is 5.74. The summed E-state index contributed by atoms with van der Waals surface area (Å²) in [6.45, 7) is -0.433. The van der Waals surface area contributed by atoms with Crippen molar-refractivity contribution in [3.63, 3.8) is 0 Å². The van der Waals surface area contributed by atoms with Crippen LogP contribution in [0.1, 0.15) is 13.8 Å². The predicted molar refractivity (Wildman–Crippen MR) is 41.8 cm³/mol. The van der Waals surface area contributed by atoms with Gasteiger partial charge in [-0.2, -0.15) is 0 Å². The molecule has 4 nitrogen and oxygen atoms in total. The zero-order chi connectivity index (χ0) is 8.36. The van der Waals surface area contributed by atoms with Crippen LogP contribution in [0.3, 0.4) is 0 Å². The van der Waals surface area contributed by atoms with Gasteiger partial charge in [-0.05, 0) is 0 Å². The van der Waals surface area contributed by atoms with Gasteiger partial charge in [0.2, 0.25) is 5.91 Å². The van der Waals surface area contributed by atoms with E-state index in [2.05, 4.69) is 12.2 Å². The maximum atomic E-state index is 10.7. The van der Waals surface area contributed by atoms with Gasteiger partial charge in [0.15, 0.2) is 0 Å². The Labute approximate surface area is 64.7 Å². The van der Waals surface area contributed by atoms with Crippen LogP contribution in [-0.4, -0.2) is 10.8 Å². The second kappa shape index (κ2) is 3.42. The molecule has 1 unspecified atom stereocenters. The summed E-state index contributed by atoms with van der Waals surface area (Å²) >= 11 is 3.27. The number of amides is 1. The molecule has 0 heterocycles. The van der Waals surface area contributed by atoms with Gasteiger partial charge in [-0.15, -0.1) is 0 Å². The van der Waals surface area contributed by atoms with Gasteiger partial charge >= 0.3 is 6.72 Å². The van der Waals surface area contributed by atoms with Crippen LogP contribution >= 0.6 is 19.0 Å². The number of hydrogen-bond donors (Lipinski definition) is 3. The third-order valence-corrected chi connectivity index (χ3v) is 1.59. The van der Waals surface area contributed by atoms with E-state index in [1.165, 1.54) is 0 Å². The number of nitrogens with one attached hydrogen (secondary N) is 1. The quantitative estimate of drug-likeness (QED) is 0.438. The first-order chi connectivity index (χ1) is 4.33. The summed E-state index contributed by atoms with van der Waals surface area (Å²) in [6, 6.07) is 0. The molecule has 0 aromatic rings. The fourth-order valence-electron chi connectivity index (χ4n) is 0.273. The fourth-order valence-corrected chi connectivity index (χ4v) is 1.11. The van der Waals surface area contributed by atoms with Gasteiger partial charge in [0, 0.05) is 5.92 Å². The molecule has 0 aliphatic heterocycles. The van der Waals surface area contributed by atoms with Crippen molar-refractivity contribution in [1.29, 1.82) is 0 Å². The van der Waals surface area contributed by atoms with Crippen molar-refractivity contribution in [1.82, 2.24) is 5.09 Å². The molecule has 6 heteroatoms. The van der Waals surface area contributed by atoms with E-state index in [9.17, 15) is 9.36 Å². The van der Waals surface area contributed by atoms with E-state index >= 15 is 0 Å². The van der Waals surface area contributed by atoms with Gasteiger partial charge in [0.25, 0.3) is 0 Å². The Balaban J connectivity index is 3.94. The Hall–Kier alpha value is 0.01000. The number of thiol groups is 1. The van der Waals surface area contributed by atoms with E-state index < -0.39 is 12.6 Å². The molecule has 0 radical (unpaired) electrons. The molecular weight excluding hydrogens is 173 g/mol. The van der Waals surface area contributed by atoms with Gasteiger partial charge < -0.3 is 4.89 Å². The fraction of sp³-hybridized carbons (Fsp3) is 0.750. The number of hydrogen-bond acceptors (Lipinski definition) is 2. The van der Waals surface area contributed by atoms with Gasteiger partial charge in [-0.25, -0.2) is 0 Å². The molecule has 0 spiro atoms. The number of carbonyl (C=O) groups is 1. The van der Waals surface area contributed by atoms with Crippen LogP contribution in [0.2, 0.25) is 0 Å². The molecule has 0 aromatic heterocycles. The molecule has 0 aliphatic rings. The SMILES string of the molecule is CC(C)C(=O)NP(=O)(O)S. The third-order valence-electron chi connectivity index (χ3n) is 0.780. The second-order valence-corrected chi connectivity index (χ2v) is 5.11. The van der Waals surface area contributed by atoms with Crippen molar-refractivity contribution in [2.75, 3.05) is 0 Å². The van der Waals surface area contributed by atoms with Crippen molar-refractivity contribution in [2.24, 2.45) is 5.92 Å². The van der Waals surface area contributed by atoms with Crippen LogP contribution in [0.5, 0.6) is 0 Å². The highest BCUT2D eigenvalue weighted by atomic mass is 32.7. The maximum Gasteiger partial charge on any atom is 0.347 e. The predicted octanol–water partition coefficient (Wildman–Crippen LogP) is 0.789. The van der Waals surface area contributed by atoms with Crippen LogP contribution in [0.4, 0.5) is 0 Å². The number of carbonyl (C=O) groups excluding carboxylic acids is 1. The highest BCUT2D eigenvalue weighted by Gasteiger charge is 2.16. The summed E-state index contributed by atoms with van der Waals surface area (Å²) in [7, 11) is 0. The minimum atomic E-state index is -3.68. The van der Waals surface area contributed by atoms with Crippen LogP contribution in [0.25, 0.3) is 0 Å². The largest absolute Gasteiger partial charge is 0.347 e. The maximum absolute atomic E-state index is 10.7. The normalized spacial score (nSPS) is 16.5. The molecule has 0 saturated carbocycles. The first-order valence-electron chi connectivity index (χ1n) is 2.70. The molecule has 10 heavy (non-hydrogen) atoms. The summed E-state index contributed by atoms with van der Waals surface area (Å²) in [5.74, 6) is -0.770. The van der Waals surface area contributed by atoms with E-state index in [1.807, 2.05) is 5.09 Å². The molecule has 1 atom stereocenters. The lowest BCUT2D eigenvalue weighted by Crippen LogP contribution is -2.23. The third kappa shape index (κ3) is 4.85. The Morgan fingerprint density at radius 3 is 2.20 bits per heavy atom. The lowest BCUT2D eigenvalue weighted by atomic mass is 10.2. The van der Waals surface area contributed by atoms with Crippen molar-refractivity contribution in [2.45, 2.75) is 13.8 Å². The second-order valence-electron chi connectivity index (χ2n) is 2.17.